The highest BCUT2D eigenvalue weighted by Crippen LogP contribution is 2.23. The molecule has 0 spiro atoms. The van der Waals surface area contributed by atoms with Crippen LogP contribution in [0, 0.1) is 0 Å². The predicted molar refractivity (Wildman–Crippen MR) is 81.0 cm³/mol. The lowest BCUT2D eigenvalue weighted by Gasteiger charge is -2.20. The standard InChI is InChI=1S/C15H16ClN3O3/c1-22-14(20)12-3-2-4-13-17-18(15(21)19(12)13)9-10-5-7-11(16)8-6-10/h5-8,12H,2-4,9H2,1H3. The molecule has 1 aliphatic heterocycles. The van der Waals surface area contributed by atoms with Crippen LogP contribution in [-0.4, -0.2) is 27.4 Å². The van der Waals surface area contributed by atoms with Gasteiger partial charge in [-0.3, -0.25) is 4.57 Å². The Hall–Kier alpha value is -2.08. The van der Waals surface area contributed by atoms with Crippen molar-refractivity contribution < 1.29 is 9.53 Å². The van der Waals surface area contributed by atoms with Gasteiger partial charge in [0.2, 0.25) is 0 Å². The first-order valence-corrected chi connectivity index (χ1v) is 7.48. The number of esters is 1. The van der Waals surface area contributed by atoms with E-state index in [0.29, 0.717) is 30.2 Å². The van der Waals surface area contributed by atoms with E-state index in [1.165, 1.54) is 16.4 Å². The van der Waals surface area contributed by atoms with Crippen LogP contribution in [0.1, 0.15) is 30.3 Å². The fourth-order valence-corrected chi connectivity index (χ4v) is 2.88. The quantitative estimate of drug-likeness (QED) is 0.808. The Morgan fingerprint density at radius 2 is 2.14 bits per heavy atom. The Bertz CT molecular complexity index is 748. The molecule has 1 aromatic heterocycles. The SMILES string of the molecule is COC(=O)C1CCCc2nn(Cc3ccc(Cl)cc3)c(=O)n21. The fraction of sp³-hybridized carbons (Fsp3) is 0.400. The van der Waals surface area contributed by atoms with Crippen molar-refractivity contribution in [2.24, 2.45) is 0 Å². The van der Waals surface area contributed by atoms with Crippen molar-refractivity contribution in [1.82, 2.24) is 14.3 Å². The van der Waals surface area contributed by atoms with Gasteiger partial charge in [-0.1, -0.05) is 23.7 Å². The second-order valence-electron chi connectivity index (χ2n) is 5.28. The first-order chi connectivity index (χ1) is 10.6. The molecule has 1 atom stereocenters. The van der Waals surface area contributed by atoms with Crippen LogP contribution in [0.3, 0.4) is 0 Å². The number of fused-ring (bicyclic) bond motifs is 1. The average Bonchev–Trinajstić information content (AvgIpc) is 2.85. The first kappa shape index (κ1) is 14.8. The number of methoxy groups -OCH3 is 1. The van der Waals surface area contributed by atoms with Crippen molar-refractivity contribution in [3.8, 4) is 0 Å². The summed E-state index contributed by atoms with van der Waals surface area (Å²) in [6, 6.07) is 6.68. The van der Waals surface area contributed by atoms with Crippen LogP contribution in [0.5, 0.6) is 0 Å². The molecule has 1 aromatic carbocycles. The zero-order valence-corrected chi connectivity index (χ0v) is 12.9. The predicted octanol–water partition coefficient (Wildman–Crippen LogP) is 1.80. The molecule has 0 radical (unpaired) electrons. The van der Waals surface area contributed by atoms with Crippen LogP contribution in [0.2, 0.25) is 5.02 Å². The van der Waals surface area contributed by atoms with Crippen molar-refractivity contribution in [3.05, 3.63) is 51.2 Å². The molecule has 0 bridgehead atoms. The Kier molecular flexibility index (Phi) is 4.02. The molecule has 0 N–H and O–H groups in total. The van der Waals surface area contributed by atoms with Gasteiger partial charge in [0.05, 0.1) is 13.7 Å². The van der Waals surface area contributed by atoms with Gasteiger partial charge in [0, 0.05) is 11.4 Å². The van der Waals surface area contributed by atoms with Crippen LogP contribution in [0.15, 0.2) is 29.1 Å². The minimum Gasteiger partial charge on any atom is -0.467 e. The lowest BCUT2D eigenvalue weighted by Crippen LogP contribution is -2.35. The van der Waals surface area contributed by atoms with E-state index in [1.54, 1.807) is 12.1 Å². The van der Waals surface area contributed by atoms with Crippen LogP contribution >= 0.6 is 11.6 Å². The van der Waals surface area contributed by atoms with Crippen LogP contribution in [0.4, 0.5) is 0 Å². The zero-order valence-electron chi connectivity index (χ0n) is 12.2. The highest BCUT2D eigenvalue weighted by atomic mass is 35.5. The second kappa shape index (κ2) is 5.96. The topological polar surface area (TPSA) is 66.1 Å². The maximum absolute atomic E-state index is 12.5. The molecule has 116 valence electrons. The van der Waals surface area contributed by atoms with Crippen molar-refractivity contribution in [2.45, 2.75) is 31.8 Å². The third-order valence-corrected chi connectivity index (χ3v) is 4.10. The van der Waals surface area contributed by atoms with E-state index in [1.807, 2.05) is 12.1 Å². The summed E-state index contributed by atoms with van der Waals surface area (Å²) in [4.78, 5) is 24.4. The van der Waals surface area contributed by atoms with Gasteiger partial charge in [-0.25, -0.2) is 14.3 Å². The summed E-state index contributed by atoms with van der Waals surface area (Å²) >= 11 is 5.86. The maximum Gasteiger partial charge on any atom is 0.347 e. The van der Waals surface area contributed by atoms with Crippen LogP contribution < -0.4 is 5.69 Å². The minimum atomic E-state index is -0.569. The number of hydrogen-bond acceptors (Lipinski definition) is 4. The highest BCUT2D eigenvalue weighted by Gasteiger charge is 2.31. The molecule has 1 aliphatic rings. The van der Waals surface area contributed by atoms with E-state index in [2.05, 4.69) is 5.10 Å². The van der Waals surface area contributed by atoms with Gasteiger partial charge < -0.3 is 4.74 Å². The lowest BCUT2D eigenvalue weighted by atomic mass is 10.1. The van der Waals surface area contributed by atoms with Crippen molar-refractivity contribution in [3.63, 3.8) is 0 Å². The number of benzene rings is 1. The number of carbonyl (C=O) groups excluding carboxylic acids is 1. The summed E-state index contributed by atoms with van der Waals surface area (Å²) in [5.41, 5.74) is 0.650. The minimum absolute atomic E-state index is 0.278. The molecule has 2 aromatic rings. The second-order valence-corrected chi connectivity index (χ2v) is 5.72. The largest absolute Gasteiger partial charge is 0.467 e. The number of hydrogen-bond donors (Lipinski definition) is 0. The third kappa shape index (κ3) is 2.66. The average molecular weight is 322 g/mol. The zero-order chi connectivity index (χ0) is 15.7. The molecule has 0 fully saturated rings. The Morgan fingerprint density at radius 3 is 2.82 bits per heavy atom. The summed E-state index contributed by atoms with van der Waals surface area (Å²) in [5, 5.41) is 5.01. The monoisotopic (exact) mass is 321 g/mol. The fourth-order valence-electron chi connectivity index (χ4n) is 2.76. The summed E-state index contributed by atoms with van der Waals surface area (Å²) in [6.45, 7) is 0.351. The van der Waals surface area contributed by atoms with Gasteiger partial charge in [-0.15, -0.1) is 0 Å². The lowest BCUT2D eigenvalue weighted by molar-refractivity contribution is -0.145. The number of carbonyl (C=O) groups is 1. The molecular weight excluding hydrogens is 306 g/mol. The number of ether oxygens (including phenoxy) is 1. The van der Waals surface area contributed by atoms with Gasteiger partial charge in [0.25, 0.3) is 0 Å². The molecule has 6 nitrogen and oxygen atoms in total. The molecule has 0 saturated heterocycles. The van der Waals surface area contributed by atoms with Gasteiger partial charge in [0.15, 0.2) is 0 Å². The van der Waals surface area contributed by atoms with Crippen LogP contribution in [0.25, 0.3) is 0 Å². The Labute approximate surface area is 132 Å². The molecule has 1 unspecified atom stereocenters. The van der Waals surface area contributed by atoms with Crippen LogP contribution in [-0.2, 0) is 22.5 Å². The number of halogens is 1. The van der Waals surface area contributed by atoms with Gasteiger partial charge in [-0.05, 0) is 30.5 Å². The highest BCUT2D eigenvalue weighted by molar-refractivity contribution is 6.30. The van der Waals surface area contributed by atoms with E-state index >= 15 is 0 Å². The van der Waals surface area contributed by atoms with E-state index in [9.17, 15) is 9.59 Å². The molecule has 0 aliphatic carbocycles. The first-order valence-electron chi connectivity index (χ1n) is 7.10. The van der Waals surface area contributed by atoms with E-state index in [-0.39, 0.29) is 5.69 Å². The van der Waals surface area contributed by atoms with E-state index in [4.69, 9.17) is 16.3 Å². The van der Waals surface area contributed by atoms with Crippen molar-refractivity contribution in [2.75, 3.05) is 7.11 Å². The van der Waals surface area contributed by atoms with Gasteiger partial charge in [-0.2, -0.15) is 5.10 Å². The molecule has 22 heavy (non-hydrogen) atoms. The Morgan fingerprint density at radius 1 is 1.41 bits per heavy atom. The molecule has 0 saturated carbocycles. The molecule has 2 heterocycles. The molecular formula is C15H16ClN3O3. The number of aryl methyl sites for hydroxylation is 1. The Balaban J connectivity index is 1.95. The molecule has 0 amide bonds. The summed E-state index contributed by atoms with van der Waals surface area (Å²) in [7, 11) is 1.33. The van der Waals surface area contributed by atoms with E-state index in [0.717, 1.165) is 12.0 Å². The number of nitrogens with zero attached hydrogens (tertiary/aromatic N) is 3. The smallest absolute Gasteiger partial charge is 0.347 e. The maximum atomic E-state index is 12.5. The van der Waals surface area contributed by atoms with Crippen molar-refractivity contribution in [1.29, 1.82) is 0 Å². The van der Waals surface area contributed by atoms with E-state index < -0.39 is 12.0 Å². The molecule has 3 rings (SSSR count). The normalized spacial score (nSPS) is 17.1. The number of aromatic nitrogens is 3. The van der Waals surface area contributed by atoms with Crippen molar-refractivity contribution >= 4 is 17.6 Å². The summed E-state index contributed by atoms with van der Waals surface area (Å²) in [6.07, 6.45) is 2.11. The summed E-state index contributed by atoms with van der Waals surface area (Å²) in [5.74, 6) is 0.245. The number of rotatable bonds is 3. The van der Waals surface area contributed by atoms with Gasteiger partial charge in [0.1, 0.15) is 11.9 Å². The van der Waals surface area contributed by atoms with Gasteiger partial charge >= 0.3 is 11.7 Å². The third-order valence-electron chi connectivity index (χ3n) is 3.85. The summed E-state index contributed by atoms with van der Waals surface area (Å²) < 4.78 is 7.64. The molecule has 7 heteroatoms.